The number of aldehydes is 1. The van der Waals surface area contributed by atoms with Gasteiger partial charge in [-0.1, -0.05) is 32.1 Å². The molecule has 1 aliphatic carbocycles. The molecule has 0 radical (unpaired) electrons. The number of ether oxygens (including phenoxy) is 1. The summed E-state index contributed by atoms with van der Waals surface area (Å²) >= 11 is 0. The van der Waals surface area contributed by atoms with E-state index in [1.165, 1.54) is 19.3 Å². The Morgan fingerprint density at radius 2 is 1.80 bits per heavy atom. The van der Waals surface area contributed by atoms with Gasteiger partial charge < -0.3 is 9.53 Å². The van der Waals surface area contributed by atoms with Gasteiger partial charge in [-0.25, -0.2) is 15.6 Å². The summed E-state index contributed by atoms with van der Waals surface area (Å²) in [6.07, 6.45) is 6.57. The van der Waals surface area contributed by atoms with Gasteiger partial charge in [0.1, 0.15) is 17.4 Å². The Morgan fingerprint density at radius 1 is 1.25 bits per heavy atom. The Morgan fingerprint density at radius 3 is 2.25 bits per heavy atom. The predicted molar refractivity (Wildman–Crippen MR) is 77.9 cm³/mol. The fourth-order valence-electron chi connectivity index (χ4n) is 2.70. The summed E-state index contributed by atoms with van der Waals surface area (Å²) in [6, 6.07) is 0. The molecule has 0 aromatic rings. The second kappa shape index (κ2) is 6.57. The minimum Gasteiger partial charge on any atom is -0.443 e. The lowest BCUT2D eigenvalue weighted by molar-refractivity contribution is -0.119. The summed E-state index contributed by atoms with van der Waals surface area (Å²) in [5.74, 6) is 6.31. The predicted octanol–water partition coefficient (Wildman–Crippen LogP) is 3.03. The monoisotopic (exact) mass is 284 g/mol. The third kappa shape index (κ3) is 4.78. The highest BCUT2D eigenvalue weighted by atomic mass is 16.6. The second-order valence-corrected chi connectivity index (χ2v) is 7.03. The van der Waals surface area contributed by atoms with E-state index in [4.69, 9.17) is 10.6 Å². The SMILES string of the molecule is CC(C)(C)OC(=O)N(N)[C@](C)(C=O)CC1CCCCC1. The van der Waals surface area contributed by atoms with Crippen molar-refractivity contribution in [2.75, 3.05) is 0 Å². The molecule has 20 heavy (non-hydrogen) atoms. The fraction of sp³-hybridized carbons (Fsp3) is 0.867. The zero-order valence-corrected chi connectivity index (χ0v) is 13.1. The van der Waals surface area contributed by atoms with E-state index in [2.05, 4.69) is 0 Å². The molecule has 0 aromatic heterocycles. The Hall–Kier alpha value is -1.10. The lowest BCUT2D eigenvalue weighted by atomic mass is 9.80. The molecule has 1 atom stereocenters. The molecular formula is C15H28N2O3. The van der Waals surface area contributed by atoms with E-state index in [-0.39, 0.29) is 0 Å². The van der Waals surface area contributed by atoms with Crippen molar-refractivity contribution in [1.82, 2.24) is 5.01 Å². The summed E-state index contributed by atoms with van der Waals surface area (Å²) in [5, 5.41) is 0.958. The summed E-state index contributed by atoms with van der Waals surface area (Å²) in [6.45, 7) is 7.03. The molecule has 1 fully saturated rings. The Labute approximate surface area is 121 Å². The van der Waals surface area contributed by atoms with E-state index in [9.17, 15) is 9.59 Å². The van der Waals surface area contributed by atoms with Crippen molar-refractivity contribution in [1.29, 1.82) is 0 Å². The molecule has 0 aromatic carbocycles. The maximum Gasteiger partial charge on any atom is 0.425 e. The standard InChI is InChI=1S/C15H28N2O3/c1-14(2,3)20-13(19)17(16)15(4,11-18)10-12-8-6-5-7-9-12/h11-12H,5-10,16H2,1-4H3/t15-/m0/s1. The zero-order valence-electron chi connectivity index (χ0n) is 13.1. The van der Waals surface area contributed by atoms with Crippen LogP contribution in [-0.2, 0) is 9.53 Å². The fourth-order valence-corrected chi connectivity index (χ4v) is 2.70. The molecular weight excluding hydrogens is 256 g/mol. The van der Waals surface area contributed by atoms with Crippen LogP contribution in [0.15, 0.2) is 0 Å². The number of carbonyl (C=O) groups excluding carboxylic acids is 2. The van der Waals surface area contributed by atoms with Gasteiger partial charge in [0.05, 0.1) is 0 Å². The first-order chi connectivity index (χ1) is 9.18. The number of hydrazine groups is 1. The van der Waals surface area contributed by atoms with Gasteiger partial charge in [0.2, 0.25) is 0 Å². The highest BCUT2D eigenvalue weighted by Gasteiger charge is 2.38. The highest BCUT2D eigenvalue weighted by molar-refractivity contribution is 5.75. The lowest BCUT2D eigenvalue weighted by Crippen LogP contribution is -2.57. The van der Waals surface area contributed by atoms with Crippen LogP contribution in [0.3, 0.4) is 0 Å². The van der Waals surface area contributed by atoms with Crippen molar-refractivity contribution in [2.45, 2.75) is 77.4 Å². The number of nitrogens with zero attached hydrogens (tertiary/aromatic N) is 1. The molecule has 2 N–H and O–H groups in total. The molecule has 0 aliphatic heterocycles. The van der Waals surface area contributed by atoms with Crippen LogP contribution in [0.1, 0.15) is 66.2 Å². The normalized spacial score (nSPS) is 20.1. The van der Waals surface area contributed by atoms with Gasteiger partial charge in [-0.15, -0.1) is 0 Å². The molecule has 0 saturated heterocycles. The molecule has 0 spiro atoms. The molecule has 116 valence electrons. The van der Waals surface area contributed by atoms with Gasteiger partial charge >= 0.3 is 6.09 Å². The third-order valence-electron chi connectivity index (χ3n) is 3.82. The van der Waals surface area contributed by atoms with Crippen LogP contribution in [0.25, 0.3) is 0 Å². The van der Waals surface area contributed by atoms with Crippen LogP contribution in [0.5, 0.6) is 0 Å². The topological polar surface area (TPSA) is 72.6 Å². The number of carbonyl (C=O) groups is 2. The summed E-state index contributed by atoms with van der Waals surface area (Å²) in [5.41, 5.74) is -1.62. The van der Waals surface area contributed by atoms with Gasteiger partial charge in [-0.05, 0) is 40.0 Å². The van der Waals surface area contributed by atoms with Crippen LogP contribution in [0.2, 0.25) is 0 Å². The van der Waals surface area contributed by atoms with E-state index in [1.54, 1.807) is 27.7 Å². The lowest BCUT2D eigenvalue weighted by Gasteiger charge is -2.37. The first-order valence-electron chi connectivity index (χ1n) is 7.42. The molecule has 1 amide bonds. The van der Waals surface area contributed by atoms with Crippen LogP contribution in [0, 0.1) is 5.92 Å². The summed E-state index contributed by atoms with van der Waals surface area (Å²) < 4.78 is 5.24. The maximum atomic E-state index is 12.0. The summed E-state index contributed by atoms with van der Waals surface area (Å²) in [4.78, 5) is 23.5. The van der Waals surface area contributed by atoms with Crippen molar-refractivity contribution in [3.05, 3.63) is 0 Å². The van der Waals surface area contributed by atoms with Crippen molar-refractivity contribution < 1.29 is 14.3 Å². The first-order valence-corrected chi connectivity index (χ1v) is 7.42. The average molecular weight is 284 g/mol. The second-order valence-electron chi connectivity index (χ2n) is 7.03. The summed E-state index contributed by atoms with van der Waals surface area (Å²) in [7, 11) is 0. The Bertz CT molecular complexity index is 346. The largest absolute Gasteiger partial charge is 0.443 e. The number of hydrogen-bond donors (Lipinski definition) is 1. The Kier molecular flexibility index (Phi) is 5.57. The van der Waals surface area contributed by atoms with Crippen molar-refractivity contribution >= 4 is 12.4 Å². The van der Waals surface area contributed by atoms with Gasteiger partial charge in [0.15, 0.2) is 0 Å². The first kappa shape index (κ1) is 17.0. The zero-order chi connectivity index (χ0) is 15.4. The smallest absolute Gasteiger partial charge is 0.425 e. The van der Waals surface area contributed by atoms with E-state index in [1.807, 2.05) is 0 Å². The van der Waals surface area contributed by atoms with E-state index in [0.717, 1.165) is 24.1 Å². The van der Waals surface area contributed by atoms with Crippen LogP contribution in [0.4, 0.5) is 4.79 Å². The van der Waals surface area contributed by atoms with Crippen LogP contribution >= 0.6 is 0 Å². The van der Waals surface area contributed by atoms with E-state index >= 15 is 0 Å². The number of hydrogen-bond acceptors (Lipinski definition) is 4. The molecule has 1 aliphatic rings. The molecule has 0 bridgehead atoms. The van der Waals surface area contributed by atoms with Crippen molar-refractivity contribution in [3.8, 4) is 0 Å². The van der Waals surface area contributed by atoms with Crippen LogP contribution in [-0.4, -0.2) is 28.5 Å². The van der Waals surface area contributed by atoms with Crippen molar-refractivity contribution in [2.24, 2.45) is 11.8 Å². The quantitative estimate of drug-likeness (QED) is 0.373. The third-order valence-corrected chi connectivity index (χ3v) is 3.82. The van der Waals surface area contributed by atoms with Gasteiger partial charge in [-0.3, -0.25) is 0 Å². The highest BCUT2D eigenvalue weighted by Crippen LogP contribution is 2.32. The van der Waals surface area contributed by atoms with Gasteiger partial charge in [0, 0.05) is 0 Å². The molecule has 0 unspecified atom stereocenters. The van der Waals surface area contributed by atoms with Crippen LogP contribution < -0.4 is 5.84 Å². The molecule has 0 heterocycles. The van der Waals surface area contributed by atoms with E-state index < -0.39 is 17.2 Å². The minimum absolute atomic E-state index is 0.451. The van der Waals surface area contributed by atoms with Gasteiger partial charge in [-0.2, -0.15) is 0 Å². The molecule has 5 heteroatoms. The number of amides is 1. The molecule has 1 saturated carbocycles. The molecule has 5 nitrogen and oxygen atoms in total. The maximum absolute atomic E-state index is 12.0. The number of nitrogens with two attached hydrogens (primary N) is 1. The average Bonchev–Trinajstić information content (AvgIpc) is 2.36. The number of rotatable bonds is 4. The van der Waals surface area contributed by atoms with E-state index in [0.29, 0.717) is 12.3 Å². The van der Waals surface area contributed by atoms with Gasteiger partial charge in [0.25, 0.3) is 0 Å². The van der Waals surface area contributed by atoms with Crippen molar-refractivity contribution in [3.63, 3.8) is 0 Å². The molecule has 1 rings (SSSR count). The Balaban J connectivity index is 2.70. The minimum atomic E-state index is -0.996.